The van der Waals surface area contributed by atoms with E-state index in [1.54, 1.807) is 77.0 Å². The van der Waals surface area contributed by atoms with Crippen molar-refractivity contribution in [3.8, 4) is 0 Å². The van der Waals surface area contributed by atoms with E-state index < -0.39 is 28.9 Å². The number of rotatable bonds is 2. The minimum atomic E-state index is -1.40. The van der Waals surface area contributed by atoms with Crippen LogP contribution in [0.25, 0.3) is 0 Å². The normalized spacial score (nSPS) is 48.4. The Morgan fingerprint density at radius 2 is 1.05 bits per heavy atom. The Balaban J connectivity index is 0.000000677. The Bertz CT molecular complexity index is 773. The summed E-state index contributed by atoms with van der Waals surface area (Å²) in [5.74, 6) is 9.85. The van der Waals surface area contributed by atoms with Crippen LogP contribution in [0.15, 0.2) is 0 Å². The predicted molar refractivity (Wildman–Crippen MR) is 171 cm³/mol. The number of fused-ring (bicyclic) bond motifs is 8. The molecule has 12 atom stereocenters. The van der Waals surface area contributed by atoms with Gasteiger partial charge in [0.15, 0.2) is 0 Å². The van der Waals surface area contributed by atoms with Gasteiger partial charge in [-0.05, 0) is 110 Å². The molecule has 12 unspecified atom stereocenters. The van der Waals surface area contributed by atoms with Gasteiger partial charge >= 0.3 is 37.9 Å². The van der Waals surface area contributed by atoms with Crippen LogP contribution in [0.4, 0.5) is 0 Å². The topological polar surface area (TPSA) is 3.24 Å². The minimum absolute atomic E-state index is 0. The van der Waals surface area contributed by atoms with Crippen molar-refractivity contribution in [3.05, 3.63) is 14.9 Å². The molecule has 224 valence electrons. The van der Waals surface area contributed by atoms with Gasteiger partial charge in [0.05, 0.1) is 8.07 Å². The quantitative estimate of drug-likeness (QED) is 0.208. The Morgan fingerprint density at radius 1 is 0.615 bits per heavy atom. The molecule has 6 aliphatic carbocycles. The molecule has 7 fully saturated rings. The van der Waals surface area contributed by atoms with E-state index in [0.29, 0.717) is 0 Å². The number of halogens is 2. The Labute approximate surface area is 263 Å². The molecular formula is C34H61Cl2NSiZr. The van der Waals surface area contributed by atoms with Gasteiger partial charge in [0.2, 0.25) is 0 Å². The summed E-state index contributed by atoms with van der Waals surface area (Å²) < 4.78 is 0. The maximum absolute atomic E-state index is 4.93. The first-order valence-corrected chi connectivity index (χ1v) is 26.1. The van der Waals surface area contributed by atoms with Gasteiger partial charge in [-0.3, -0.25) is 4.90 Å². The second kappa shape index (κ2) is 13.7. The molecule has 0 amide bonds. The first-order valence-electron chi connectivity index (χ1n) is 16.6. The fraction of sp³-hybridized carbons (Fsp3) is 0.941. The molecule has 0 spiro atoms. The van der Waals surface area contributed by atoms with Crippen LogP contribution in [0, 0.1) is 68.1 Å². The first kappa shape index (κ1) is 33.5. The molecule has 1 heterocycles. The van der Waals surface area contributed by atoms with Crippen molar-refractivity contribution in [2.45, 2.75) is 139 Å². The standard InChI is InChI=1S/C32H55NSi.2CH3.2ClH.Zr/c1-20-17-18-28-27(19-20)29-30(33(28)2)23-13-7-10-16-26(23)32(29)34(3,4)31-24-14-8-5-11-21(24)22-12-6-9-15-25(22)31;;;;;/h20-32H,5-19H2,1-4H3;2*1H3;2*1H;/q;2*-1;;;+4/p-2. The summed E-state index contributed by atoms with van der Waals surface area (Å²) in [5.41, 5.74) is 2.33. The van der Waals surface area contributed by atoms with E-state index in [1.165, 1.54) is 24.8 Å². The third-order valence-electron chi connectivity index (χ3n) is 14.1. The molecular weight excluding hydrogens is 613 g/mol. The van der Waals surface area contributed by atoms with E-state index >= 15 is 0 Å². The van der Waals surface area contributed by atoms with Gasteiger partial charge in [0.1, 0.15) is 0 Å². The zero-order valence-electron chi connectivity index (χ0n) is 26.3. The van der Waals surface area contributed by atoms with Gasteiger partial charge in [0, 0.05) is 12.1 Å². The molecule has 1 nitrogen and oxygen atoms in total. The van der Waals surface area contributed by atoms with Crippen molar-refractivity contribution in [3.63, 3.8) is 0 Å². The second-order valence-electron chi connectivity index (χ2n) is 15.7. The first-order chi connectivity index (χ1) is 17.9. The summed E-state index contributed by atoms with van der Waals surface area (Å²) in [5, 5.41) is 0. The van der Waals surface area contributed by atoms with E-state index in [9.17, 15) is 0 Å². The zero-order valence-corrected chi connectivity index (χ0v) is 31.3. The number of nitrogens with zero attached hydrogens (tertiary/aromatic N) is 1. The average Bonchev–Trinajstić information content (AvgIpc) is 3.51. The molecule has 0 bridgehead atoms. The van der Waals surface area contributed by atoms with Crippen molar-refractivity contribution in [1.29, 1.82) is 0 Å². The molecule has 6 saturated carbocycles. The van der Waals surface area contributed by atoms with Crippen molar-refractivity contribution in [2.75, 3.05) is 7.05 Å². The Hall–Kier alpha value is 1.64. The molecule has 7 aliphatic rings. The number of hydrogen-bond acceptors (Lipinski definition) is 1. The van der Waals surface area contributed by atoms with Crippen LogP contribution in [-0.4, -0.2) is 32.1 Å². The molecule has 39 heavy (non-hydrogen) atoms. The van der Waals surface area contributed by atoms with Crippen LogP contribution in [0.5, 0.6) is 0 Å². The number of likely N-dealkylation sites (tertiary alicyclic amines) is 1. The molecule has 1 saturated heterocycles. The van der Waals surface area contributed by atoms with E-state index in [4.69, 9.17) is 17.0 Å². The fourth-order valence-corrected chi connectivity index (χ4v) is 19.9. The monoisotopic (exact) mass is 671 g/mol. The van der Waals surface area contributed by atoms with Gasteiger partial charge in [-0.15, -0.1) is 0 Å². The Kier molecular flexibility index (Phi) is 11.8. The summed E-state index contributed by atoms with van der Waals surface area (Å²) >= 11 is -0.826. The molecule has 7 rings (SSSR count). The fourth-order valence-electron chi connectivity index (χ4n) is 13.5. The molecule has 0 N–H and O–H groups in total. The molecule has 5 heteroatoms. The molecule has 0 radical (unpaired) electrons. The van der Waals surface area contributed by atoms with Gasteiger partial charge in [-0.25, -0.2) is 0 Å². The SMILES string of the molecule is CC1CCC2C(C1)C1C(C3CCCCC3C1[Si](C)(C)C1C3CCCCC3C3CCCCC31)N2C.[CH3-].[CH3-].[Cl][Zr+2][Cl]. The number of hydrogen-bond donors (Lipinski definition) is 0. The maximum atomic E-state index is 4.93. The molecule has 0 aromatic heterocycles. The molecule has 1 aliphatic heterocycles. The van der Waals surface area contributed by atoms with Gasteiger partial charge < -0.3 is 14.9 Å². The van der Waals surface area contributed by atoms with Crippen molar-refractivity contribution in [2.24, 2.45) is 53.3 Å². The second-order valence-corrected chi connectivity index (χ2v) is 24.4. The summed E-state index contributed by atoms with van der Waals surface area (Å²) in [6, 6.07) is 1.91. The van der Waals surface area contributed by atoms with Crippen LogP contribution in [0.2, 0.25) is 24.2 Å². The van der Waals surface area contributed by atoms with Crippen LogP contribution in [0.1, 0.15) is 103 Å². The van der Waals surface area contributed by atoms with Crippen LogP contribution >= 0.6 is 17.0 Å². The third kappa shape index (κ3) is 5.66. The van der Waals surface area contributed by atoms with Gasteiger partial charge in [-0.2, -0.15) is 0 Å². The van der Waals surface area contributed by atoms with E-state index in [1.807, 2.05) is 0 Å². The van der Waals surface area contributed by atoms with Crippen LogP contribution < -0.4 is 0 Å². The van der Waals surface area contributed by atoms with E-state index in [0.717, 1.165) is 70.9 Å². The van der Waals surface area contributed by atoms with Gasteiger partial charge in [-0.1, -0.05) is 77.8 Å². The van der Waals surface area contributed by atoms with Crippen molar-refractivity contribution >= 4 is 25.1 Å². The van der Waals surface area contributed by atoms with E-state index in [-0.39, 0.29) is 14.9 Å². The zero-order chi connectivity index (χ0) is 25.9. The van der Waals surface area contributed by atoms with Crippen molar-refractivity contribution in [1.82, 2.24) is 4.90 Å². The van der Waals surface area contributed by atoms with Gasteiger partial charge in [0.25, 0.3) is 0 Å². The predicted octanol–water partition coefficient (Wildman–Crippen LogP) is 10.9. The third-order valence-corrected chi connectivity index (χ3v) is 19.2. The Morgan fingerprint density at radius 3 is 1.56 bits per heavy atom. The van der Waals surface area contributed by atoms with Crippen LogP contribution in [0.3, 0.4) is 0 Å². The summed E-state index contributed by atoms with van der Waals surface area (Å²) in [6.07, 6.45) is 23.6. The van der Waals surface area contributed by atoms with E-state index in [2.05, 4.69) is 32.0 Å². The summed E-state index contributed by atoms with van der Waals surface area (Å²) in [6.45, 7) is 8.62. The molecule has 0 aromatic rings. The summed E-state index contributed by atoms with van der Waals surface area (Å²) in [4.78, 5) is 3.04. The average molecular weight is 674 g/mol. The van der Waals surface area contributed by atoms with Crippen LogP contribution in [-0.2, 0) is 20.8 Å². The molecule has 0 aromatic carbocycles. The summed E-state index contributed by atoms with van der Waals surface area (Å²) in [7, 11) is 11.1. The van der Waals surface area contributed by atoms with Crippen molar-refractivity contribution < 1.29 is 20.8 Å².